The average molecular weight is 403 g/mol. The first-order valence-corrected chi connectivity index (χ1v) is 7.93. The summed E-state index contributed by atoms with van der Waals surface area (Å²) in [6, 6.07) is 4.31. The summed E-state index contributed by atoms with van der Waals surface area (Å²) in [4.78, 5) is 4.17. The number of rotatable bonds is 5. The van der Waals surface area contributed by atoms with Crippen LogP contribution in [-0.4, -0.2) is 9.55 Å². The molecule has 20 heavy (non-hydrogen) atoms. The lowest BCUT2D eigenvalue weighted by molar-refractivity contribution is 0.288. The second-order valence-corrected chi connectivity index (χ2v) is 6.48. The van der Waals surface area contributed by atoms with Crippen molar-refractivity contribution in [2.75, 3.05) is 0 Å². The van der Waals surface area contributed by atoms with E-state index in [2.05, 4.69) is 55.3 Å². The van der Waals surface area contributed by atoms with Gasteiger partial charge in [0.1, 0.15) is 12.4 Å². The van der Waals surface area contributed by atoms with Crippen molar-refractivity contribution in [1.29, 1.82) is 0 Å². The molecule has 0 saturated heterocycles. The van der Waals surface area contributed by atoms with Crippen LogP contribution in [0.4, 0.5) is 0 Å². The van der Waals surface area contributed by atoms with Crippen LogP contribution in [0, 0.1) is 0 Å². The van der Waals surface area contributed by atoms with Gasteiger partial charge in [-0.25, -0.2) is 4.98 Å². The lowest BCUT2D eigenvalue weighted by Crippen LogP contribution is -2.07. The molecule has 0 aliphatic carbocycles. The Morgan fingerprint density at radius 2 is 1.95 bits per heavy atom. The molecule has 108 valence electrons. The molecular formula is C14H17Br2N3O. The lowest BCUT2D eigenvalue weighted by atomic mass is 10.2. The van der Waals surface area contributed by atoms with Crippen LogP contribution in [0.25, 0.3) is 0 Å². The number of imidazole rings is 1. The van der Waals surface area contributed by atoms with Crippen LogP contribution in [0.3, 0.4) is 0 Å². The van der Waals surface area contributed by atoms with E-state index in [0.717, 1.165) is 26.0 Å². The van der Waals surface area contributed by atoms with E-state index < -0.39 is 0 Å². The molecule has 0 unspecified atom stereocenters. The third kappa shape index (κ3) is 3.42. The SMILES string of the molecule is CC(C)n1cncc1COc1c(Br)cc(CN)cc1Br. The fourth-order valence-electron chi connectivity index (χ4n) is 1.92. The van der Waals surface area contributed by atoms with Crippen molar-refractivity contribution < 1.29 is 4.74 Å². The fraction of sp³-hybridized carbons (Fsp3) is 0.357. The Bertz CT molecular complexity index is 573. The molecule has 6 heteroatoms. The van der Waals surface area contributed by atoms with Crippen LogP contribution in [0.1, 0.15) is 31.1 Å². The van der Waals surface area contributed by atoms with Gasteiger partial charge in [0.15, 0.2) is 0 Å². The van der Waals surface area contributed by atoms with Crippen molar-refractivity contribution in [1.82, 2.24) is 9.55 Å². The molecule has 0 atom stereocenters. The molecule has 2 rings (SSSR count). The van der Waals surface area contributed by atoms with Crippen LogP contribution in [0.5, 0.6) is 5.75 Å². The maximum absolute atomic E-state index is 5.91. The first kappa shape index (κ1) is 15.5. The maximum Gasteiger partial charge on any atom is 0.148 e. The topological polar surface area (TPSA) is 53.1 Å². The summed E-state index contributed by atoms with van der Waals surface area (Å²) >= 11 is 7.04. The molecule has 1 heterocycles. The van der Waals surface area contributed by atoms with Crippen LogP contribution < -0.4 is 10.5 Å². The highest BCUT2D eigenvalue weighted by atomic mass is 79.9. The first-order valence-electron chi connectivity index (χ1n) is 6.34. The Hall–Kier alpha value is -0.850. The van der Waals surface area contributed by atoms with E-state index in [-0.39, 0.29) is 0 Å². The van der Waals surface area contributed by atoms with Crippen molar-refractivity contribution in [3.8, 4) is 5.75 Å². The Morgan fingerprint density at radius 3 is 2.50 bits per heavy atom. The summed E-state index contributed by atoms with van der Waals surface area (Å²) in [6.45, 7) is 5.20. The smallest absolute Gasteiger partial charge is 0.148 e. The number of ether oxygens (including phenoxy) is 1. The van der Waals surface area contributed by atoms with Crippen molar-refractivity contribution >= 4 is 31.9 Å². The Morgan fingerprint density at radius 1 is 1.30 bits per heavy atom. The third-order valence-electron chi connectivity index (χ3n) is 2.96. The molecule has 0 amide bonds. The third-order valence-corrected chi connectivity index (χ3v) is 4.14. The molecule has 0 bridgehead atoms. The molecule has 0 aliphatic heterocycles. The predicted molar refractivity (Wildman–Crippen MR) is 86.7 cm³/mol. The largest absolute Gasteiger partial charge is 0.485 e. The van der Waals surface area contributed by atoms with Crippen LogP contribution in [0.2, 0.25) is 0 Å². The van der Waals surface area contributed by atoms with Crippen LogP contribution in [0.15, 0.2) is 33.6 Å². The van der Waals surface area contributed by atoms with Crippen LogP contribution >= 0.6 is 31.9 Å². The zero-order valence-corrected chi connectivity index (χ0v) is 14.6. The Balaban J connectivity index is 2.17. The number of nitrogens with zero attached hydrogens (tertiary/aromatic N) is 2. The minimum Gasteiger partial charge on any atom is -0.485 e. The van der Waals surface area contributed by atoms with E-state index in [0.29, 0.717) is 19.2 Å². The monoisotopic (exact) mass is 401 g/mol. The average Bonchev–Trinajstić information content (AvgIpc) is 2.86. The number of hydrogen-bond acceptors (Lipinski definition) is 3. The summed E-state index contributed by atoms with van der Waals surface area (Å²) < 4.78 is 9.78. The Labute approximate surface area is 135 Å². The predicted octanol–water partition coefficient (Wildman–Crippen LogP) is 4.03. The van der Waals surface area contributed by atoms with Crippen molar-refractivity contribution in [3.63, 3.8) is 0 Å². The normalized spacial score (nSPS) is 11.1. The highest BCUT2D eigenvalue weighted by Crippen LogP contribution is 2.35. The number of hydrogen-bond donors (Lipinski definition) is 1. The van der Waals surface area contributed by atoms with Crippen molar-refractivity contribution in [2.24, 2.45) is 5.73 Å². The second-order valence-electron chi connectivity index (χ2n) is 4.77. The van der Waals surface area contributed by atoms with Gasteiger partial charge >= 0.3 is 0 Å². The van der Waals surface area contributed by atoms with Gasteiger partial charge in [-0.1, -0.05) is 0 Å². The van der Waals surface area contributed by atoms with Gasteiger partial charge in [-0.3, -0.25) is 0 Å². The zero-order chi connectivity index (χ0) is 14.7. The minimum atomic E-state index is 0.364. The number of aromatic nitrogens is 2. The zero-order valence-electron chi connectivity index (χ0n) is 11.4. The first-order chi connectivity index (χ1) is 9.52. The standard InChI is InChI=1S/C14H17Br2N3O/c1-9(2)19-8-18-6-11(19)7-20-14-12(15)3-10(5-17)4-13(14)16/h3-4,6,8-9H,5,7,17H2,1-2H3. The van der Waals surface area contributed by atoms with E-state index >= 15 is 0 Å². The van der Waals surface area contributed by atoms with Gasteiger partial charge in [-0.2, -0.15) is 0 Å². The fourth-order valence-corrected chi connectivity index (χ4v) is 3.43. The number of halogens is 2. The summed E-state index contributed by atoms with van der Waals surface area (Å²) in [6.07, 6.45) is 3.65. The molecule has 1 aromatic heterocycles. The van der Waals surface area contributed by atoms with E-state index in [9.17, 15) is 0 Å². The molecule has 0 saturated carbocycles. The van der Waals surface area contributed by atoms with Crippen molar-refractivity contribution in [3.05, 3.63) is 44.9 Å². The van der Waals surface area contributed by atoms with Gasteiger partial charge in [0.25, 0.3) is 0 Å². The quantitative estimate of drug-likeness (QED) is 0.821. The van der Waals surface area contributed by atoms with Gasteiger partial charge in [0.05, 0.1) is 27.2 Å². The second kappa shape index (κ2) is 6.74. The highest BCUT2D eigenvalue weighted by molar-refractivity contribution is 9.11. The molecule has 1 aromatic carbocycles. The molecule has 0 fully saturated rings. The van der Waals surface area contributed by atoms with E-state index in [1.54, 1.807) is 0 Å². The minimum absolute atomic E-state index is 0.364. The molecule has 0 radical (unpaired) electrons. The number of benzene rings is 1. The Kier molecular flexibility index (Phi) is 5.23. The summed E-state index contributed by atoms with van der Waals surface area (Å²) in [5.41, 5.74) is 7.74. The molecular weight excluding hydrogens is 386 g/mol. The summed E-state index contributed by atoms with van der Waals surface area (Å²) in [7, 11) is 0. The maximum atomic E-state index is 5.91. The van der Waals surface area contributed by atoms with Gasteiger partial charge < -0.3 is 15.0 Å². The molecule has 2 N–H and O–H groups in total. The van der Waals surface area contributed by atoms with Gasteiger partial charge in [-0.05, 0) is 63.4 Å². The number of nitrogens with two attached hydrogens (primary N) is 1. The van der Waals surface area contributed by atoms with Crippen LogP contribution in [-0.2, 0) is 13.2 Å². The summed E-state index contributed by atoms with van der Waals surface area (Å²) in [5, 5.41) is 0. The van der Waals surface area contributed by atoms with Crippen molar-refractivity contribution in [2.45, 2.75) is 33.0 Å². The molecule has 4 nitrogen and oxygen atoms in total. The molecule has 2 aromatic rings. The molecule has 0 spiro atoms. The highest BCUT2D eigenvalue weighted by Gasteiger charge is 2.11. The van der Waals surface area contributed by atoms with E-state index in [4.69, 9.17) is 10.5 Å². The van der Waals surface area contributed by atoms with E-state index in [1.165, 1.54) is 0 Å². The lowest BCUT2D eigenvalue weighted by Gasteiger charge is -2.15. The molecule has 0 aliphatic rings. The van der Waals surface area contributed by atoms with E-state index in [1.807, 2.05) is 24.7 Å². The summed E-state index contributed by atoms with van der Waals surface area (Å²) in [5.74, 6) is 0.777. The van der Waals surface area contributed by atoms with Gasteiger partial charge in [-0.15, -0.1) is 0 Å². The van der Waals surface area contributed by atoms with Gasteiger partial charge in [0.2, 0.25) is 0 Å². The van der Waals surface area contributed by atoms with Gasteiger partial charge in [0, 0.05) is 12.6 Å².